The molecule has 2 unspecified atom stereocenters. The third-order valence-electron chi connectivity index (χ3n) is 6.43. The fourth-order valence-corrected chi connectivity index (χ4v) is 4.68. The van der Waals surface area contributed by atoms with Crippen molar-refractivity contribution in [3.8, 4) is 11.7 Å². The normalized spacial score (nSPS) is 16.2. The third-order valence-corrected chi connectivity index (χ3v) is 6.72. The number of halogens is 1. The Morgan fingerprint density at radius 2 is 2.08 bits per heavy atom. The van der Waals surface area contributed by atoms with Gasteiger partial charge in [-0.2, -0.15) is 4.98 Å². The van der Waals surface area contributed by atoms with Crippen molar-refractivity contribution in [1.29, 1.82) is 0 Å². The summed E-state index contributed by atoms with van der Waals surface area (Å²) in [6.07, 6.45) is 7.78. The Balaban J connectivity index is 1.51. The van der Waals surface area contributed by atoms with Gasteiger partial charge in [-0.05, 0) is 37.1 Å². The van der Waals surface area contributed by atoms with Crippen LogP contribution in [0.2, 0.25) is 5.02 Å². The molecule has 38 heavy (non-hydrogen) atoms. The van der Waals surface area contributed by atoms with Crippen molar-refractivity contribution in [3.63, 3.8) is 0 Å². The summed E-state index contributed by atoms with van der Waals surface area (Å²) >= 11 is 6.28. The molecule has 0 aliphatic carbocycles. The number of piperazine rings is 1. The van der Waals surface area contributed by atoms with Crippen LogP contribution in [0.3, 0.4) is 0 Å². The minimum absolute atomic E-state index is 0.125. The van der Waals surface area contributed by atoms with Crippen LogP contribution in [0.1, 0.15) is 38.3 Å². The Kier molecular flexibility index (Phi) is 9.01. The number of carbonyl (C=O) groups is 2. The molecular formula is C26H33ClN8O3. The number of hydrogen-bond donors (Lipinski definition) is 2. The van der Waals surface area contributed by atoms with Crippen molar-refractivity contribution in [2.45, 2.75) is 38.8 Å². The molecule has 0 saturated carbocycles. The standard InChI is InChI=1S/C26H33ClN8O3/c1-4-8-30-26(37)33-12-13-35(23-7-9-29-25(32-23)34-11-10-28-17-34)20(16-33)15-24(36)31-18(2)19-5-6-22(38-3)21(27)14-19/h5-7,9-11,14,17-18,20H,4,8,12-13,15-16H2,1-3H3,(H,30,37)(H,31,36). The van der Waals surface area contributed by atoms with Crippen LogP contribution in [0.4, 0.5) is 10.6 Å². The minimum atomic E-state index is -0.284. The van der Waals surface area contributed by atoms with E-state index in [-0.39, 0.29) is 30.4 Å². The van der Waals surface area contributed by atoms with E-state index in [0.717, 1.165) is 12.0 Å². The maximum absolute atomic E-state index is 13.2. The lowest BCUT2D eigenvalue weighted by atomic mass is 10.1. The van der Waals surface area contributed by atoms with Crippen molar-refractivity contribution in [3.05, 3.63) is 59.8 Å². The van der Waals surface area contributed by atoms with Crippen LogP contribution in [0.25, 0.3) is 5.95 Å². The van der Waals surface area contributed by atoms with Crippen LogP contribution >= 0.6 is 11.6 Å². The molecule has 1 aromatic carbocycles. The molecule has 2 aromatic heterocycles. The van der Waals surface area contributed by atoms with Crippen molar-refractivity contribution in [2.75, 3.05) is 38.2 Å². The Labute approximate surface area is 227 Å². The number of imidazole rings is 1. The molecule has 3 aromatic rings. The molecule has 0 radical (unpaired) electrons. The van der Waals surface area contributed by atoms with Gasteiger partial charge in [0.2, 0.25) is 11.9 Å². The van der Waals surface area contributed by atoms with E-state index in [1.807, 2.05) is 26.0 Å². The highest BCUT2D eigenvalue weighted by atomic mass is 35.5. The summed E-state index contributed by atoms with van der Waals surface area (Å²) in [5.74, 6) is 1.61. The lowest BCUT2D eigenvalue weighted by Gasteiger charge is -2.42. The average molecular weight is 541 g/mol. The molecule has 12 heteroatoms. The number of nitrogens with zero attached hydrogens (tertiary/aromatic N) is 6. The SMILES string of the molecule is CCCNC(=O)N1CCN(c2ccnc(-n3ccnc3)n2)C(CC(=O)NC(C)c2ccc(OC)c(Cl)c2)C1. The highest BCUT2D eigenvalue weighted by Crippen LogP contribution is 2.28. The number of benzene rings is 1. The molecule has 11 nitrogen and oxygen atoms in total. The molecule has 0 spiro atoms. The smallest absolute Gasteiger partial charge is 0.317 e. The Bertz CT molecular complexity index is 1240. The van der Waals surface area contributed by atoms with E-state index in [4.69, 9.17) is 21.3 Å². The highest BCUT2D eigenvalue weighted by Gasteiger charge is 2.32. The molecular weight excluding hydrogens is 508 g/mol. The molecule has 3 heterocycles. The maximum Gasteiger partial charge on any atom is 0.317 e. The number of anilines is 1. The van der Waals surface area contributed by atoms with E-state index in [1.54, 1.807) is 53.6 Å². The van der Waals surface area contributed by atoms with Gasteiger partial charge in [0.25, 0.3) is 0 Å². The summed E-state index contributed by atoms with van der Waals surface area (Å²) in [6.45, 7) is 5.94. The van der Waals surface area contributed by atoms with Crippen LogP contribution in [-0.2, 0) is 4.79 Å². The van der Waals surface area contributed by atoms with Gasteiger partial charge in [0.1, 0.15) is 17.9 Å². The first-order valence-electron chi connectivity index (χ1n) is 12.6. The zero-order valence-corrected chi connectivity index (χ0v) is 22.6. The number of nitrogens with one attached hydrogen (secondary N) is 2. The molecule has 1 aliphatic rings. The summed E-state index contributed by atoms with van der Waals surface area (Å²) < 4.78 is 6.95. The summed E-state index contributed by atoms with van der Waals surface area (Å²) in [5, 5.41) is 6.48. The van der Waals surface area contributed by atoms with E-state index in [1.165, 1.54) is 0 Å². The predicted octanol–water partition coefficient (Wildman–Crippen LogP) is 3.20. The molecule has 0 bridgehead atoms. The minimum Gasteiger partial charge on any atom is -0.495 e. The number of methoxy groups -OCH3 is 1. The lowest BCUT2D eigenvalue weighted by Crippen LogP contribution is -2.58. The third kappa shape index (κ3) is 6.52. The van der Waals surface area contributed by atoms with Crippen molar-refractivity contribution >= 4 is 29.4 Å². The molecule has 3 amide bonds. The van der Waals surface area contributed by atoms with E-state index in [0.29, 0.717) is 48.7 Å². The Morgan fingerprint density at radius 3 is 2.79 bits per heavy atom. The Hall–Kier alpha value is -3.86. The van der Waals surface area contributed by atoms with Gasteiger partial charge in [0.05, 0.1) is 24.2 Å². The van der Waals surface area contributed by atoms with E-state index in [9.17, 15) is 9.59 Å². The highest BCUT2D eigenvalue weighted by molar-refractivity contribution is 6.32. The summed E-state index contributed by atoms with van der Waals surface area (Å²) in [5.41, 5.74) is 0.867. The van der Waals surface area contributed by atoms with E-state index >= 15 is 0 Å². The van der Waals surface area contributed by atoms with Gasteiger partial charge >= 0.3 is 6.03 Å². The van der Waals surface area contributed by atoms with Gasteiger partial charge in [0, 0.05) is 51.2 Å². The number of amides is 3. The topological polar surface area (TPSA) is 118 Å². The Morgan fingerprint density at radius 1 is 1.24 bits per heavy atom. The largest absolute Gasteiger partial charge is 0.495 e. The lowest BCUT2D eigenvalue weighted by molar-refractivity contribution is -0.122. The molecule has 202 valence electrons. The first-order valence-corrected chi connectivity index (χ1v) is 13.0. The van der Waals surface area contributed by atoms with E-state index in [2.05, 4.69) is 25.5 Å². The zero-order valence-electron chi connectivity index (χ0n) is 21.8. The van der Waals surface area contributed by atoms with Gasteiger partial charge in [-0.15, -0.1) is 0 Å². The second kappa shape index (κ2) is 12.6. The number of rotatable bonds is 9. The summed E-state index contributed by atoms with van der Waals surface area (Å²) in [7, 11) is 1.56. The van der Waals surface area contributed by atoms with Gasteiger partial charge < -0.3 is 25.2 Å². The van der Waals surface area contributed by atoms with Crippen LogP contribution in [0, 0.1) is 0 Å². The zero-order chi connectivity index (χ0) is 27.1. The second-order valence-corrected chi connectivity index (χ2v) is 9.50. The van der Waals surface area contributed by atoms with Crippen LogP contribution < -0.4 is 20.3 Å². The number of carbonyl (C=O) groups excluding carboxylic acids is 2. The molecule has 4 rings (SSSR count). The second-order valence-electron chi connectivity index (χ2n) is 9.10. The van der Waals surface area contributed by atoms with Crippen molar-refractivity contribution < 1.29 is 14.3 Å². The number of hydrogen-bond acceptors (Lipinski definition) is 7. The van der Waals surface area contributed by atoms with E-state index < -0.39 is 0 Å². The fourth-order valence-electron chi connectivity index (χ4n) is 4.41. The molecule has 1 saturated heterocycles. The van der Waals surface area contributed by atoms with Gasteiger partial charge in [0.15, 0.2) is 0 Å². The summed E-state index contributed by atoms with van der Waals surface area (Å²) in [6, 6.07) is 6.59. The van der Waals surface area contributed by atoms with Gasteiger partial charge in [-0.25, -0.2) is 14.8 Å². The van der Waals surface area contributed by atoms with Gasteiger partial charge in [-0.1, -0.05) is 24.6 Å². The number of aromatic nitrogens is 4. The summed E-state index contributed by atoms with van der Waals surface area (Å²) in [4.78, 5) is 42.9. The molecule has 1 fully saturated rings. The van der Waals surface area contributed by atoms with Crippen LogP contribution in [0.5, 0.6) is 5.75 Å². The predicted molar refractivity (Wildman–Crippen MR) is 145 cm³/mol. The molecule has 1 aliphatic heterocycles. The fraction of sp³-hybridized carbons (Fsp3) is 0.423. The maximum atomic E-state index is 13.2. The number of ether oxygens (including phenoxy) is 1. The quantitative estimate of drug-likeness (QED) is 0.428. The number of urea groups is 1. The first-order chi connectivity index (χ1) is 18.4. The van der Waals surface area contributed by atoms with Crippen LogP contribution in [-0.4, -0.2) is 75.7 Å². The van der Waals surface area contributed by atoms with Crippen molar-refractivity contribution in [2.24, 2.45) is 0 Å². The first kappa shape index (κ1) is 27.2. The van der Waals surface area contributed by atoms with Crippen LogP contribution in [0.15, 0.2) is 49.2 Å². The van der Waals surface area contributed by atoms with Gasteiger partial charge in [-0.3, -0.25) is 9.36 Å². The van der Waals surface area contributed by atoms with Crippen molar-refractivity contribution in [1.82, 2.24) is 35.1 Å². The monoisotopic (exact) mass is 540 g/mol. The molecule has 2 N–H and O–H groups in total. The average Bonchev–Trinajstić information content (AvgIpc) is 3.47. The molecule has 2 atom stereocenters.